The molecule has 0 bridgehead atoms. The second kappa shape index (κ2) is 5.88. The number of carbonyl (C=O) groups is 1. The third kappa shape index (κ3) is 3.17. The summed E-state index contributed by atoms with van der Waals surface area (Å²) >= 11 is 0. The van der Waals surface area contributed by atoms with Gasteiger partial charge >= 0.3 is 6.09 Å². The summed E-state index contributed by atoms with van der Waals surface area (Å²) in [7, 11) is 0. The summed E-state index contributed by atoms with van der Waals surface area (Å²) in [6, 6.07) is 14.0. The van der Waals surface area contributed by atoms with Crippen molar-refractivity contribution in [3.8, 4) is 0 Å². The highest BCUT2D eigenvalue weighted by Crippen LogP contribution is 2.40. The Morgan fingerprint density at radius 3 is 2.83 bits per heavy atom. The van der Waals surface area contributed by atoms with Crippen LogP contribution in [0.25, 0.3) is 0 Å². The van der Waals surface area contributed by atoms with Crippen LogP contribution in [0.1, 0.15) is 29.9 Å². The van der Waals surface area contributed by atoms with Crippen molar-refractivity contribution in [1.82, 2.24) is 0 Å². The molecule has 4 rings (SSSR count). The van der Waals surface area contributed by atoms with Gasteiger partial charge in [-0.25, -0.2) is 4.79 Å². The van der Waals surface area contributed by atoms with Gasteiger partial charge in [0.05, 0.1) is 5.69 Å². The highest BCUT2D eigenvalue weighted by atomic mass is 16.5. The summed E-state index contributed by atoms with van der Waals surface area (Å²) in [5.41, 5.74) is 4.44. The highest BCUT2D eigenvalue weighted by Gasteiger charge is 2.23. The van der Waals surface area contributed by atoms with Crippen molar-refractivity contribution in [2.45, 2.75) is 25.4 Å². The second-order valence-corrected chi connectivity index (χ2v) is 6.00. The van der Waals surface area contributed by atoms with Crippen LogP contribution < -0.4 is 10.6 Å². The number of hydrogen-bond donors (Lipinski definition) is 3. The van der Waals surface area contributed by atoms with Crippen LogP contribution in [0.4, 0.5) is 21.9 Å². The fraction of sp³-hybridized carbons (Fsp3) is 0.222. The number of aliphatic imine (C=N–C) groups is 1. The van der Waals surface area contributed by atoms with Crippen LogP contribution in [0, 0.1) is 0 Å². The number of nitrogens with one attached hydrogen (secondary N) is 2. The number of amidine groups is 1. The minimum atomic E-state index is -1.09. The minimum absolute atomic E-state index is 0.346. The molecule has 2 aromatic rings. The molecular formula is C18H17N3O3. The van der Waals surface area contributed by atoms with Gasteiger partial charge in [0.25, 0.3) is 6.02 Å². The predicted octanol–water partition coefficient (Wildman–Crippen LogP) is 4.28. The molecule has 0 unspecified atom stereocenters. The van der Waals surface area contributed by atoms with Crippen LogP contribution in [0.2, 0.25) is 0 Å². The standard InChI is InChI=1S/C18H17N3O3/c22-18(23)20-15-6-7-16-13(9-15)10-24-17(21-16)19-14-3-1-2-12(8-14)11-4-5-11/h1-3,6-9,11,20H,4-5,10H2,(H,19,21)(H,22,23). The largest absolute Gasteiger partial charge is 0.465 e. The number of ether oxygens (including phenoxy) is 1. The molecule has 6 heteroatoms. The van der Waals surface area contributed by atoms with Crippen molar-refractivity contribution in [2.75, 3.05) is 10.6 Å². The first-order valence-electron chi connectivity index (χ1n) is 7.89. The lowest BCUT2D eigenvalue weighted by atomic mass is 10.1. The fourth-order valence-corrected chi connectivity index (χ4v) is 2.77. The molecule has 0 aromatic heterocycles. The lowest BCUT2D eigenvalue weighted by Crippen LogP contribution is -2.19. The van der Waals surface area contributed by atoms with E-state index < -0.39 is 6.09 Å². The number of carboxylic acid groups (broad SMARTS) is 1. The molecule has 0 atom stereocenters. The lowest BCUT2D eigenvalue weighted by Gasteiger charge is -2.18. The van der Waals surface area contributed by atoms with Crippen molar-refractivity contribution in [1.29, 1.82) is 0 Å². The van der Waals surface area contributed by atoms with Crippen LogP contribution >= 0.6 is 0 Å². The molecular weight excluding hydrogens is 306 g/mol. The quantitative estimate of drug-likeness (QED) is 0.787. The maximum absolute atomic E-state index is 10.7. The Morgan fingerprint density at radius 2 is 2.04 bits per heavy atom. The molecule has 6 nitrogen and oxygen atoms in total. The van der Waals surface area contributed by atoms with E-state index in [-0.39, 0.29) is 0 Å². The van der Waals surface area contributed by atoms with E-state index in [2.05, 4.69) is 27.8 Å². The van der Waals surface area contributed by atoms with Crippen molar-refractivity contribution in [2.24, 2.45) is 4.99 Å². The summed E-state index contributed by atoms with van der Waals surface area (Å²) in [5.74, 6) is 0.696. The molecule has 1 aliphatic heterocycles. The number of amides is 1. The third-order valence-electron chi connectivity index (χ3n) is 4.10. The molecule has 1 heterocycles. The summed E-state index contributed by atoms with van der Waals surface area (Å²) in [6.07, 6.45) is 1.44. The summed E-state index contributed by atoms with van der Waals surface area (Å²) < 4.78 is 5.65. The van der Waals surface area contributed by atoms with Crippen molar-refractivity contribution < 1.29 is 14.6 Å². The second-order valence-electron chi connectivity index (χ2n) is 6.00. The van der Waals surface area contributed by atoms with E-state index in [4.69, 9.17) is 9.84 Å². The average molecular weight is 323 g/mol. The predicted molar refractivity (Wildman–Crippen MR) is 92.0 cm³/mol. The topological polar surface area (TPSA) is 83.0 Å². The van der Waals surface area contributed by atoms with Gasteiger partial charge in [-0.05, 0) is 54.7 Å². The Morgan fingerprint density at radius 1 is 1.17 bits per heavy atom. The van der Waals surface area contributed by atoms with E-state index in [1.807, 2.05) is 12.1 Å². The minimum Gasteiger partial charge on any atom is -0.465 e. The first-order valence-corrected chi connectivity index (χ1v) is 7.89. The molecule has 1 saturated carbocycles. The van der Waals surface area contributed by atoms with E-state index >= 15 is 0 Å². The number of benzene rings is 2. The number of nitrogens with zero attached hydrogens (tertiary/aromatic N) is 1. The Labute approximate surface area is 139 Å². The third-order valence-corrected chi connectivity index (χ3v) is 4.10. The zero-order chi connectivity index (χ0) is 16.5. The van der Waals surface area contributed by atoms with Crippen LogP contribution in [0.5, 0.6) is 0 Å². The molecule has 3 N–H and O–H groups in total. The van der Waals surface area contributed by atoms with Crippen LogP contribution in [0.3, 0.4) is 0 Å². The maximum atomic E-state index is 10.7. The molecule has 2 aromatic carbocycles. The van der Waals surface area contributed by atoms with Gasteiger partial charge in [0.2, 0.25) is 0 Å². The van der Waals surface area contributed by atoms with Crippen molar-refractivity contribution in [3.05, 3.63) is 53.6 Å². The van der Waals surface area contributed by atoms with E-state index in [0.717, 1.165) is 16.9 Å². The van der Waals surface area contributed by atoms with Gasteiger partial charge in [-0.15, -0.1) is 0 Å². The number of anilines is 2. The molecule has 1 amide bonds. The van der Waals surface area contributed by atoms with Gasteiger partial charge in [0, 0.05) is 16.9 Å². The van der Waals surface area contributed by atoms with Gasteiger partial charge in [0.15, 0.2) is 0 Å². The smallest absolute Gasteiger partial charge is 0.409 e. The highest BCUT2D eigenvalue weighted by molar-refractivity contribution is 5.92. The van der Waals surface area contributed by atoms with Gasteiger partial charge in [-0.2, -0.15) is 4.99 Å². The molecule has 1 aliphatic carbocycles. The van der Waals surface area contributed by atoms with Gasteiger partial charge in [-0.3, -0.25) is 5.32 Å². The van der Waals surface area contributed by atoms with Crippen LogP contribution in [-0.4, -0.2) is 17.2 Å². The molecule has 0 saturated heterocycles. The zero-order valence-electron chi connectivity index (χ0n) is 13.0. The summed E-state index contributed by atoms with van der Waals surface area (Å²) in [4.78, 5) is 15.2. The zero-order valence-corrected chi connectivity index (χ0v) is 13.0. The first-order chi connectivity index (χ1) is 11.7. The SMILES string of the molecule is O=C(O)Nc1ccc2c(c1)COC(Nc1cccc(C3CC3)c1)=N2. The monoisotopic (exact) mass is 323 g/mol. The Bertz CT molecular complexity index is 828. The Balaban J connectivity index is 1.52. The molecule has 1 fully saturated rings. The number of hydrogen-bond acceptors (Lipinski definition) is 4. The van der Waals surface area contributed by atoms with Crippen LogP contribution in [-0.2, 0) is 11.3 Å². The van der Waals surface area contributed by atoms with Gasteiger partial charge in [0.1, 0.15) is 6.61 Å². The Hall–Kier alpha value is -3.02. The molecule has 0 radical (unpaired) electrons. The van der Waals surface area contributed by atoms with Crippen molar-refractivity contribution in [3.63, 3.8) is 0 Å². The van der Waals surface area contributed by atoms with Gasteiger partial charge in [-0.1, -0.05) is 12.1 Å². The summed E-state index contributed by atoms with van der Waals surface area (Å²) in [6.45, 7) is 0.346. The first kappa shape index (κ1) is 14.6. The fourth-order valence-electron chi connectivity index (χ4n) is 2.77. The van der Waals surface area contributed by atoms with E-state index in [9.17, 15) is 4.79 Å². The van der Waals surface area contributed by atoms with Gasteiger partial charge < -0.3 is 15.2 Å². The van der Waals surface area contributed by atoms with Crippen LogP contribution in [0.15, 0.2) is 47.5 Å². The molecule has 24 heavy (non-hydrogen) atoms. The van der Waals surface area contributed by atoms with E-state index in [1.165, 1.54) is 18.4 Å². The number of fused-ring (bicyclic) bond motifs is 1. The maximum Gasteiger partial charge on any atom is 0.409 e. The Kier molecular flexibility index (Phi) is 3.57. The molecule has 0 spiro atoms. The van der Waals surface area contributed by atoms with E-state index in [0.29, 0.717) is 24.2 Å². The summed E-state index contributed by atoms with van der Waals surface area (Å²) in [5, 5.41) is 14.3. The molecule has 122 valence electrons. The normalized spacial score (nSPS) is 15.8. The van der Waals surface area contributed by atoms with E-state index in [1.54, 1.807) is 18.2 Å². The number of rotatable bonds is 3. The molecule has 2 aliphatic rings. The lowest BCUT2D eigenvalue weighted by molar-refractivity contribution is 0.209. The van der Waals surface area contributed by atoms with Crippen molar-refractivity contribution >= 4 is 29.2 Å². The average Bonchev–Trinajstić information content (AvgIpc) is 3.40.